The molecule has 0 aliphatic carbocycles. The van der Waals surface area contributed by atoms with Crippen LogP contribution >= 0.6 is 0 Å². The maximum absolute atomic E-state index is 13.9. The Morgan fingerprint density at radius 1 is 1.23 bits per heavy atom. The van der Waals surface area contributed by atoms with Crippen LogP contribution in [0.2, 0.25) is 0 Å². The van der Waals surface area contributed by atoms with Gasteiger partial charge in [0, 0.05) is 18.7 Å². The number of piperidine rings is 1. The van der Waals surface area contributed by atoms with Crippen LogP contribution in [0.1, 0.15) is 18.9 Å². The highest BCUT2D eigenvalue weighted by molar-refractivity contribution is 5.99. The zero-order valence-corrected chi connectivity index (χ0v) is 18.8. The lowest BCUT2D eigenvalue weighted by Gasteiger charge is -2.32. The largest absolute Gasteiger partial charge is 0.454 e. The molecule has 1 atom stereocenters. The number of likely N-dealkylation sites (tertiary alicyclic amines) is 1. The fourth-order valence-electron chi connectivity index (χ4n) is 4.40. The molecule has 0 bridgehead atoms. The van der Waals surface area contributed by atoms with E-state index in [-0.39, 0.29) is 23.5 Å². The van der Waals surface area contributed by atoms with Crippen molar-refractivity contribution in [2.45, 2.75) is 18.9 Å². The molecule has 1 amide bonds. The van der Waals surface area contributed by atoms with Gasteiger partial charge >= 0.3 is 0 Å². The summed E-state index contributed by atoms with van der Waals surface area (Å²) in [4.78, 5) is 26.7. The SMILES string of the molecule is C=CC(=O)N1CCC[C@@H](n2nc(-c3ccc(Oc4ccccc4F)cc3)c3c(N)n[nH]c(=O)c32)C1. The first-order valence-corrected chi connectivity index (χ1v) is 11.2. The van der Waals surface area contributed by atoms with Crippen molar-refractivity contribution in [1.29, 1.82) is 0 Å². The van der Waals surface area contributed by atoms with Gasteiger partial charge in [0.1, 0.15) is 17.0 Å². The van der Waals surface area contributed by atoms with Gasteiger partial charge in [-0.05, 0) is 55.3 Å². The minimum Gasteiger partial charge on any atom is -0.454 e. The highest BCUT2D eigenvalue weighted by Crippen LogP contribution is 2.34. The van der Waals surface area contributed by atoms with Gasteiger partial charge < -0.3 is 15.4 Å². The van der Waals surface area contributed by atoms with Gasteiger partial charge in [-0.25, -0.2) is 9.49 Å². The van der Waals surface area contributed by atoms with Gasteiger partial charge in [0.25, 0.3) is 5.56 Å². The van der Waals surface area contributed by atoms with E-state index in [1.807, 2.05) is 0 Å². The van der Waals surface area contributed by atoms with E-state index in [9.17, 15) is 14.0 Å². The van der Waals surface area contributed by atoms with Crippen LogP contribution in [0.15, 0.2) is 66.0 Å². The van der Waals surface area contributed by atoms with Crippen molar-refractivity contribution in [3.05, 3.63) is 77.4 Å². The first-order chi connectivity index (χ1) is 17.0. The number of anilines is 1. The minimum absolute atomic E-state index is 0.117. The van der Waals surface area contributed by atoms with Crippen LogP contribution in [0, 0.1) is 5.82 Å². The van der Waals surface area contributed by atoms with Gasteiger partial charge in [-0.15, -0.1) is 0 Å². The number of nitrogens with two attached hydrogens (primary N) is 1. The lowest BCUT2D eigenvalue weighted by atomic mass is 10.1. The molecule has 2 aromatic heterocycles. The van der Waals surface area contributed by atoms with Crippen LogP contribution in [0.5, 0.6) is 11.5 Å². The Hall–Kier alpha value is -4.47. The fourth-order valence-corrected chi connectivity index (χ4v) is 4.40. The summed E-state index contributed by atoms with van der Waals surface area (Å²) in [5, 5.41) is 11.6. The molecule has 2 aromatic carbocycles. The van der Waals surface area contributed by atoms with Crippen molar-refractivity contribution in [1.82, 2.24) is 24.9 Å². The average molecular weight is 474 g/mol. The lowest BCUT2D eigenvalue weighted by Crippen LogP contribution is -2.40. The number of benzene rings is 2. The van der Waals surface area contributed by atoms with E-state index in [0.717, 1.165) is 12.8 Å². The highest BCUT2D eigenvalue weighted by atomic mass is 19.1. The summed E-state index contributed by atoms with van der Waals surface area (Å²) in [7, 11) is 0. The fraction of sp³-hybridized carbons (Fsp3) is 0.200. The quantitative estimate of drug-likeness (QED) is 0.426. The van der Waals surface area contributed by atoms with Crippen LogP contribution in [-0.4, -0.2) is 43.9 Å². The number of hydrogen-bond acceptors (Lipinski definition) is 6. The number of carbonyl (C=O) groups excluding carboxylic acids is 1. The van der Waals surface area contributed by atoms with Gasteiger partial charge in [-0.3, -0.25) is 14.3 Å². The average Bonchev–Trinajstić information content (AvgIpc) is 3.30. The summed E-state index contributed by atoms with van der Waals surface area (Å²) in [6.07, 6.45) is 2.80. The van der Waals surface area contributed by atoms with E-state index in [2.05, 4.69) is 16.8 Å². The summed E-state index contributed by atoms with van der Waals surface area (Å²) >= 11 is 0. The number of carbonyl (C=O) groups is 1. The molecule has 5 rings (SSSR count). The number of para-hydroxylation sites is 1. The molecule has 0 spiro atoms. The smallest absolute Gasteiger partial charge is 0.290 e. The number of nitrogens with zero attached hydrogens (tertiary/aromatic N) is 4. The van der Waals surface area contributed by atoms with E-state index in [0.29, 0.717) is 41.0 Å². The van der Waals surface area contributed by atoms with Crippen LogP contribution in [0.25, 0.3) is 22.2 Å². The Morgan fingerprint density at radius 3 is 2.74 bits per heavy atom. The molecular formula is C25H23FN6O3. The zero-order valence-electron chi connectivity index (χ0n) is 18.8. The monoisotopic (exact) mass is 474 g/mol. The molecule has 1 aliphatic rings. The van der Waals surface area contributed by atoms with Crippen LogP contribution in [-0.2, 0) is 4.79 Å². The highest BCUT2D eigenvalue weighted by Gasteiger charge is 2.28. The van der Waals surface area contributed by atoms with Crippen molar-refractivity contribution in [3.8, 4) is 22.8 Å². The lowest BCUT2D eigenvalue weighted by molar-refractivity contribution is -0.127. The Kier molecular flexibility index (Phi) is 5.77. The third kappa shape index (κ3) is 4.14. The molecule has 10 heteroatoms. The second-order valence-corrected chi connectivity index (χ2v) is 8.30. The second kappa shape index (κ2) is 9.05. The number of H-pyrrole nitrogens is 1. The minimum atomic E-state index is -0.462. The van der Waals surface area contributed by atoms with E-state index in [4.69, 9.17) is 15.6 Å². The Bertz CT molecular complexity index is 1480. The van der Waals surface area contributed by atoms with Crippen LogP contribution in [0.4, 0.5) is 10.2 Å². The van der Waals surface area contributed by atoms with Crippen LogP contribution in [0.3, 0.4) is 0 Å². The molecular weight excluding hydrogens is 451 g/mol. The van der Waals surface area contributed by atoms with Gasteiger partial charge in [0.2, 0.25) is 5.91 Å². The molecule has 1 aliphatic heterocycles. The van der Waals surface area contributed by atoms with E-state index < -0.39 is 11.4 Å². The van der Waals surface area contributed by atoms with E-state index in [1.165, 1.54) is 12.1 Å². The molecule has 35 heavy (non-hydrogen) atoms. The van der Waals surface area contributed by atoms with Gasteiger partial charge in [0.15, 0.2) is 17.4 Å². The van der Waals surface area contributed by atoms with Gasteiger partial charge in [-0.2, -0.15) is 10.2 Å². The van der Waals surface area contributed by atoms with E-state index in [1.54, 1.807) is 52.0 Å². The van der Waals surface area contributed by atoms with E-state index >= 15 is 0 Å². The number of fused-ring (bicyclic) bond motifs is 1. The predicted octanol–water partition coefficient (Wildman–Crippen LogP) is 3.65. The Morgan fingerprint density at radius 2 is 2.00 bits per heavy atom. The molecule has 178 valence electrons. The summed E-state index contributed by atoms with van der Waals surface area (Å²) in [5.74, 6) is 0.0772. The molecule has 3 heterocycles. The molecule has 4 aromatic rings. The van der Waals surface area contributed by atoms with Crippen LogP contribution < -0.4 is 16.0 Å². The third-order valence-electron chi connectivity index (χ3n) is 6.08. The number of hydrogen-bond donors (Lipinski definition) is 2. The number of nitrogens with one attached hydrogen (secondary N) is 1. The predicted molar refractivity (Wildman–Crippen MR) is 130 cm³/mol. The molecule has 0 saturated carbocycles. The standard InChI is InChI=1S/C25H23FN6O3/c1-2-20(33)31-13-5-6-16(14-31)32-23-21(24(27)28-29-25(23)34)22(30-32)15-9-11-17(12-10-15)35-19-8-4-3-7-18(19)26/h2-4,7-12,16H,1,5-6,13-14H2,(H2,27,28)(H,29,34)/t16-/m1/s1. The number of amides is 1. The van der Waals surface area contributed by atoms with Crippen molar-refractivity contribution in [3.63, 3.8) is 0 Å². The third-order valence-corrected chi connectivity index (χ3v) is 6.08. The zero-order chi connectivity index (χ0) is 24.5. The normalized spacial score (nSPS) is 15.8. The number of aromatic nitrogens is 4. The maximum atomic E-state index is 13.9. The van der Waals surface area contributed by atoms with Crippen molar-refractivity contribution >= 4 is 22.6 Å². The Labute approximate surface area is 199 Å². The molecule has 1 saturated heterocycles. The van der Waals surface area contributed by atoms with Crippen molar-refractivity contribution < 1.29 is 13.9 Å². The summed E-state index contributed by atoms with van der Waals surface area (Å²) < 4.78 is 21.2. The Balaban J connectivity index is 1.54. The number of ether oxygens (including phenoxy) is 1. The number of rotatable bonds is 5. The molecule has 9 nitrogen and oxygen atoms in total. The topological polar surface area (TPSA) is 119 Å². The summed E-state index contributed by atoms with van der Waals surface area (Å²) in [6, 6.07) is 12.8. The molecule has 3 N–H and O–H groups in total. The molecule has 0 unspecified atom stereocenters. The molecule has 1 fully saturated rings. The number of aromatic amines is 1. The first-order valence-electron chi connectivity index (χ1n) is 11.2. The first kappa shape index (κ1) is 22.3. The summed E-state index contributed by atoms with van der Waals surface area (Å²) in [5.41, 5.74) is 7.23. The number of halogens is 1. The van der Waals surface area contributed by atoms with Crippen molar-refractivity contribution in [2.75, 3.05) is 18.8 Å². The van der Waals surface area contributed by atoms with Crippen molar-refractivity contribution in [2.24, 2.45) is 0 Å². The van der Waals surface area contributed by atoms with Gasteiger partial charge in [0.05, 0.1) is 11.4 Å². The second-order valence-electron chi connectivity index (χ2n) is 8.30. The molecule has 0 radical (unpaired) electrons. The van der Waals surface area contributed by atoms with Gasteiger partial charge in [-0.1, -0.05) is 18.7 Å². The summed E-state index contributed by atoms with van der Waals surface area (Å²) in [6.45, 7) is 4.59. The number of nitrogen functional groups attached to an aromatic ring is 1. The maximum Gasteiger partial charge on any atom is 0.290 e.